The van der Waals surface area contributed by atoms with Gasteiger partial charge in [0.25, 0.3) is 0 Å². The first kappa shape index (κ1) is 15.8. The lowest BCUT2D eigenvalue weighted by atomic mass is 9.91. The van der Waals surface area contributed by atoms with Crippen LogP contribution in [0.15, 0.2) is 48.5 Å². The first-order valence-corrected chi connectivity index (χ1v) is 8.02. The van der Waals surface area contributed by atoms with Crippen molar-refractivity contribution in [3.8, 4) is 0 Å². The fraction of sp³-hybridized carbons (Fsp3) is 0.400. The molecule has 0 aromatic heterocycles. The Bertz CT molecular complexity index is 525. The van der Waals surface area contributed by atoms with E-state index in [-0.39, 0.29) is 0 Å². The maximum absolute atomic E-state index is 3.58. The van der Waals surface area contributed by atoms with Crippen molar-refractivity contribution in [1.82, 2.24) is 5.32 Å². The topological polar surface area (TPSA) is 12.0 Å². The average molecular weight is 281 g/mol. The third-order valence-electron chi connectivity index (χ3n) is 3.97. The molecule has 2 aromatic rings. The summed E-state index contributed by atoms with van der Waals surface area (Å²) in [6, 6.07) is 17.9. The van der Waals surface area contributed by atoms with Crippen LogP contribution in [-0.2, 0) is 6.42 Å². The van der Waals surface area contributed by atoms with Crippen molar-refractivity contribution in [1.29, 1.82) is 0 Å². The van der Waals surface area contributed by atoms with E-state index < -0.39 is 0 Å². The van der Waals surface area contributed by atoms with Crippen molar-refractivity contribution >= 4 is 0 Å². The number of aryl methyl sites for hydroxylation is 2. The van der Waals surface area contributed by atoms with E-state index in [1.54, 1.807) is 0 Å². The molecule has 1 unspecified atom stereocenters. The van der Waals surface area contributed by atoms with Crippen LogP contribution in [0.25, 0.3) is 0 Å². The molecule has 0 spiro atoms. The Morgan fingerprint density at radius 2 is 1.43 bits per heavy atom. The van der Waals surface area contributed by atoms with Crippen molar-refractivity contribution in [2.24, 2.45) is 0 Å². The Morgan fingerprint density at radius 1 is 0.857 bits per heavy atom. The molecule has 0 bridgehead atoms. The molecule has 1 nitrogen and oxygen atoms in total. The van der Waals surface area contributed by atoms with Gasteiger partial charge in [0.05, 0.1) is 0 Å². The monoisotopic (exact) mass is 281 g/mol. The van der Waals surface area contributed by atoms with Crippen LogP contribution in [0, 0.1) is 13.8 Å². The molecule has 0 aliphatic carbocycles. The van der Waals surface area contributed by atoms with Gasteiger partial charge in [-0.1, -0.05) is 66.6 Å². The summed E-state index contributed by atoms with van der Waals surface area (Å²) in [6.07, 6.45) is 2.28. The average Bonchev–Trinajstić information content (AvgIpc) is 2.49. The largest absolute Gasteiger partial charge is 0.316 e. The van der Waals surface area contributed by atoms with Crippen LogP contribution in [0.2, 0.25) is 0 Å². The van der Waals surface area contributed by atoms with E-state index in [9.17, 15) is 0 Å². The van der Waals surface area contributed by atoms with Crippen LogP contribution in [0.4, 0.5) is 0 Å². The van der Waals surface area contributed by atoms with Crippen molar-refractivity contribution in [2.75, 3.05) is 13.1 Å². The van der Waals surface area contributed by atoms with Gasteiger partial charge in [-0.05, 0) is 44.4 Å². The summed E-state index contributed by atoms with van der Waals surface area (Å²) in [6.45, 7) is 8.65. The summed E-state index contributed by atoms with van der Waals surface area (Å²) in [5.41, 5.74) is 5.51. The summed E-state index contributed by atoms with van der Waals surface area (Å²) in [5.74, 6) is 0.542. The summed E-state index contributed by atoms with van der Waals surface area (Å²) < 4.78 is 0. The van der Waals surface area contributed by atoms with Crippen LogP contribution in [-0.4, -0.2) is 13.1 Å². The zero-order chi connectivity index (χ0) is 15.1. The summed E-state index contributed by atoms with van der Waals surface area (Å²) >= 11 is 0. The fourth-order valence-electron chi connectivity index (χ4n) is 2.61. The second-order valence-corrected chi connectivity index (χ2v) is 6.00. The first-order valence-electron chi connectivity index (χ1n) is 8.02. The molecule has 1 atom stereocenters. The lowest BCUT2D eigenvalue weighted by molar-refractivity contribution is 0.576. The number of hydrogen-bond donors (Lipinski definition) is 1. The van der Waals surface area contributed by atoms with Gasteiger partial charge in [-0.2, -0.15) is 0 Å². The van der Waals surface area contributed by atoms with Gasteiger partial charge >= 0.3 is 0 Å². The molecule has 112 valence electrons. The van der Waals surface area contributed by atoms with E-state index in [0.717, 1.165) is 19.5 Å². The van der Waals surface area contributed by atoms with E-state index in [2.05, 4.69) is 74.6 Å². The van der Waals surface area contributed by atoms with Gasteiger partial charge in [-0.3, -0.25) is 0 Å². The van der Waals surface area contributed by atoms with E-state index in [1.807, 2.05) is 0 Å². The standard InChI is InChI=1S/C20H27N/c1-4-13-21-15-20(19-11-7-17(3)8-12-19)14-18-9-5-16(2)6-10-18/h5-12,20-21H,4,13-15H2,1-3H3. The molecule has 1 heteroatoms. The van der Waals surface area contributed by atoms with Gasteiger partial charge in [0.2, 0.25) is 0 Å². The Hall–Kier alpha value is -1.60. The summed E-state index contributed by atoms with van der Waals surface area (Å²) in [4.78, 5) is 0. The minimum Gasteiger partial charge on any atom is -0.316 e. The van der Waals surface area contributed by atoms with Crippen molar-refractivity contribution in [3.63, 3.8) is 0 Å². The normalized spacial score (nSPS) is 12.3. The molecular formula is C20H27N. The molecule has 0 aliphatic heterocycles. The van der Waals surface area contributed by atoms with Crippen LogP contribution >= 0.6 is 0 Å². The predicted molar refractivity (Wildman–Crippen MR) is 92.0 cm³/mol. The molecule has 0 radical (unpaired) electrons. The SMILES string of the molecule is CCCNCC(Cc1ccc(C)cc1)c1ccc(C)cc1. The first-order chi connectivity index (χ1) is 10.2. The molecule has 21 heavy (non-hydrogen) atoms. The van der Waals surface area contributed by atoms with Crippen molar-refractivity contribution in [2.45, 2.75) is 39.5 Å². The number of nitrogens with one attached hydrogen (secondary N) is 1. The summed E-state index contributed by atoms with van der Waals surface area (Å²) in [5, 5.41) is 3.58. The van der Waals surface area contributed by atoms with Crippen LogP contribution in [0.5, 0.6) is 0 Å². The molecule has 2 rings (SSSR count). The minimum absolute atomic E-state index is 0.542. The van der Waals surface area contributed by atoms with Gasteiger partial charge in [0.1, 0.15) is 0 Å². The zero-order valence-electron chi connectivity index (χ0n) is 13.5. The van der Waals surface area contributed by atoms with E-state index >= 15 is 0 Å². The van der Waals surface area contributed by atoms with Gasteiger partial charge in [-0.25, -0.2) is 0 Å². The molecular weight excluding hydrogens is 254 g/mol. The smallest absolute Gasteiger partial charge is 0.00233 e. The molecule has 0 saturated carbocycles. The van der Waals surface area contributed by atoms with Gasteiger partial charge in [0, 0.05) is 12.5 Å². The highest BCUT2D eigenvalue weighted by atomic mass is 14.8. The van der Waals surface area contributed by atoms with Crippen LogP contribution in [0.1, 0.15) is 41.5 Å². The third kappa shape index (κ3) is 5.02. The van der Waals surface area contributed by atoms with Gasteiger partial charge in [0.15, 0.2) is 0 Å². The van der Waals surface area contributed by atoms with Crippen LogP contribution < -0.4 is 5.32 Å². The number of benzene rings is 2. The Labute approximate surface area is 129 Å². The fourth-order valence-corrected chi connectivity index (χ4v) is 2.61. The summed E-state index contributed by atoms with van der Waals surface area (Å²) in [7, 11) is 0. The van der Waals surface area contributed by atoms with Crippen molar-refractivity contribution in [3.05, 3.63) is 70.8 Å². The second kappa shape index (κ2) is 7.99. The zero-order valence-corrected chi connectivity index (χ0v) is 13.5. The predicted octanol–water partition coefficient (Wildman–Crippen LogP) is 4.63. The lowest BCUT2D eigenvalue weighted by Gasteiger charge is -2.19. The maximum Gasteiger partial charge on any atom is 0.00233 e. The highest BCUT2D eigenvalue weighted by Gasteiger charge is 2.12. The minimum atomic E-state index is 0.542. The molecule has 2 aromatic carbocycles. The third-order valence-corrected chi connectivity index (χ3v) is 3.97. The molecule has 1 N–H and O–H groups in total. The van der Waals surface area contributed by atoms with E-state index in [0.29, 0.717) is 5.92 Å². The lowest BCUT2D eigenvalue weighted by Crippen LogP contribution is -2.23. The highest BCUT2D eigenvalue weighted by molar-refractivity contribution is 5.28. The molecule has 0 saturated heterocycles. The maximum atomic E-state index is 3.58. The molecule has 0 fully saturated rings. The molecule has 0 aliphatic rings. The van der Waals surface area contributed by atoms with E-state index in [4.69, 9.17) is 0 Å². The van der Waals surface area contributed by atoms with E-state index in [1.165, 1.54) is 28.7 Å². The molecule has 0 amide bonds. The van der Waals surface area contributed by atoms with Gasteiger partial charge < -0.3 is 5.32 Å². The number of hydrogen-bond acceptors (Lipinski definition) is 1. The van der Waals surface area contributed by atoms with Crippen LogP contribution in [0.3, 0.4) is 0 Å². The Kier molecular flexibility index (Phi) is 6.01. The number of rotatable bonds is 7. The van der Waals surface area contributed by atoms with Gasteiger partial charge in [-0.15, -0.1) is 0 Å². The highest BCUT2D eigenvalue weighted by Crippen LogP contribution is 2.21. The Balaban J connectivity index is 2.11. The quantitative estimate of drug-likeness (QED) is 0.730. The second-order valence-electron chi connectivity index (χ2n) is 6.00. The van der Waals surface area contributed by atoms with Crippen molar-refractivity contribution < 1.29 is 0 Å². The molecule has 0 heterocycles. The Morgan fingerprint density at radius 3 is 2.00 bits per heavy atom.